The molecule has 0 aliphatic rings. The number of benzene rings is 1. The van der Waals surface area contributed by atoms with Crippen LogP contribution in [-0.4, -0.2) is 4.98 Å². The van der Waals surface area contributed by atoms with Crippen LogP contribution in [0.15, 0.2) is 54.7 Å². The fraction of sp³-hybridized carbons (Fsp3) is 0. The molecule has 0 spiro atoms. The van der Waals surface area contributed by atoms with Crippen LogP contribution in [0.1, 0.15) is 0 Å². The molecular weight excluding hydrogens is 228 g/mol. The average molecular weight is 237 g/mol. The Morgan fingerprint density at radius 1 is 0.929 bits per heavy atom. The number of hydrogen-bond acceptors (Lipinski definition) is 2. The molecule has 0 aliphatic heterocycles. The Bertz CT molecular complexity index is 338. The van der Waals surface area contributed by atoms with Crippen molar-refractivity contribution in [2.24, 2.45) is 0 Å². The first kappa shape index (κ1) is 9.35. The Hall–Kier alpha value is -1.21. The number of pyridine rings is 1. The number of rotatable bonds is 3. The van der Waals surface area contributed by atoms with E-state index in [4.69, 9.17) is 3.56 Å². The van der Waals surface area contributed by atoms with Gasteiger partial charge in [0.1, 0.15) is 0 Å². The number of hydrogen-bond donors (Lipinski definition) is 0. The van der Waals surface area contributed by atoms with E-state index >= 15 is 0 Å². The monoisotopic (exact) mass is 235 g/mol. The minimum atomic E-state index is -1.15. The third kappa shape index (κ3) is 2.64. The van der Waals surface area contributed by atoms with E-state index in [9.17, 15) is 0 Å². The van der Waals surface area contributed by atoms with E-state index in [2.05, 4.69) is 4.98 Å². The quantitative estimate of drug-likeness (QED) is 0.758. The van der Waals surface area contributed by atoms with Crippen molar-refractivity contribution in [3.8, 4) is 5.75 Å². The van der Waals surface area contributed by atoms with Gasteiger partial charge in [-0.25, -0.2) is 0 Å². The number of nitrogens with zero attached hydrogens (tertiary/aromatic N) is 1. The van der Waals surface area contributed by atoms with E-state index < -0.39 is 17.5 Å². The van der Waals surface area contributed by atoms with Crippen LogP contribution >= 0.6 is 0 Å². The SMILES string of the molecule is c1ccc([O][Zn][c]2ccccn2)cc1. The topological polar surface area (TPSA) is 22.1 Å². The van der Waals surface area contributed by atoms with Gasteiger partial charge in [-0.15, -0.1) is 0 Å². The summed E-state index contributed by atoms with van der Waals surface area (Å²) in [6.07, 6.45) is 1.81. The Balaban J connectivity index is 1.96. The molecule has 0 amide bonds. The number of aromatic nitrogens is 1. The summed E-state index contributed by atoms with van der Waals surface area (Å²) in [5.41, 5.74) is 0. The average Bonchev–Trinajstić information content (AvgIpc) is 2.29. The summed E-state index contributed by atoms with van der Waals surface area (Å²) in [7, 11) is 0. The van der Waals surface area contributed by atoms with Crippen LogP contribution in [0, 0.1) is 0 Å². The van der Waals surface area contributed by atoms with Gasteiger partial charge in [0.25, 0.3) is 0 Å². The zero-order valence-electron chi connectivity index (χ0n) is 7.76. The van der Waals surface area contributed by atoms with Crippen LogP contribution < -0.4 is 7.85 Å². The molecule has 14 heavy (non-hydrogen) atoms. The summed E-state index contributed by atoms with van der Waals surface area (Å²) in [6.45, 7) is 0. The molecule has 0 saturated carbocycles. The van der Waals surface area contributed by atoms with Gasteiger partial charge in [-0.3, -0.25) is 0 Å². The van der Waals surface area contributed by atoms with Gasteiger partial charge in [0.05, 0.1) is 0 Å². The Labute approximate surface area is 90.9 Å². The maximum atomic E-state index is 5.72. The number of para-hydroxylation sites is 1. The van der Waals surface area contributed by atoms with Gasteiger partial charge >= 0.3 is 90.8 Å². The van der Waals surface area contributed by atoms with Gasteiger partial charge in [0, 0.05) is 0 Å². The molecule has 2 rings (SSSR count). The maximum absolute atomic E-state index is 5.72. The molecule has 0 fully saturated rings. The van der Waals surface area contributed by atoms with Crippen molar-refractivity contribution in [2.45, 2.75) is 0 Å². The van der Waals surface area contributed by atoms with Gasteiger partial charge in [0.15, 0.2) is 0 Å². The van der Waals surface area contributed by atoms with Crippen molar-refractivity contribution >= 4 is 4.29 Å². The summed E-state index contributed by atoms with van der Waals surface area (Å²) in [6, 6.07) is 15.9. The van der Waals surface area contributed by atoms with E-state index in [0.717, 1.165) is 10.0 Å². The van der Waals surface area contributed by atoms with E-state index in [0.29, 0.717) is 0 Å². The van der Waals surface area contributed by atoms with Crippen molar-refractivity contribution in [1.82, 2.24) is 4.98 Å². The zero-order chi connectivity index (χ0) is 9.64. The standard InChI is InChI=1S/C6H6O.C5H4N.Zn/c7-6-4-2-1-3-5-6;1-2-4-6-5-3-1;/h1-5,7H;1-4H;/q;;+1/p-1. The van der Waals surface area contributed by atoms with Gasteiger partial charge in [-0.05, 0) is 0 Å². The van der Waals surface area contributed by atoms with Gasteiger partial charge in [-0.1, -0.05) is 0 Å². The molecule has 3 heteroatoms. The molecule has 1 aromatic heterocycles. The Morgan fingerprint density at radius 3 is 2.43 bits per heavy atom. The molecule has 0 aliphatic carbocycles. The molecule has 0 saturated heterocycles. The summed E-state index contributed by atoms with van der Waals surface area (Å²) in [5.74, 6) is 0.957. The first-order chi connectivity index (χ1) is 6.95. The van der Waals surface area contributed by atoms with E-state index in [1.807, 2.05) is 54.7 Å². The molecule has 1 heterocycles. The van der Waals surface area contributed by atoms with Crippen LogP contribution in [-0.2, 0) is 17.5 Å². The Kier molecular flexibility index (Phi) is 3.25. The van der Waals surface area contributed by atoms with E-state index in [1.165, 1.54) is 0 Å². The minimum absolute atomic E-state index is 0.957. The molecule has 1 aromatic carbocycles. The molecule has 0 radical (unpaired) electrons. The van der Waals surface area contributed by atoms with Crippen LogP contribution in [0.4, 0.5) is 0 Å². The summed E-state index contributed by atoms with van der Waals surface area (Å²) >= 11 is -1.15. The van der Waals surface area contributed by atoms with Crippen LogP contribution in [0.2, 0.25) is 0 Å². The van der Waals surface area contributed by atoms with Crippen LogP contribution in [0.3, 0.4) is 0 Å². The molecule has 0 bridgehead atoms. The van der Waals surface area contributed by atoms with Crippen LogP contribution in [0.5, 0.6) is 5.75 Å². The second-order valence-corrected chi connectivity index (χ2v) is 5.65. The Morgan fingerprint density at radius 2 is 1.71 bits per heavy atom. The normalized spacial score (nSPS) is 9.14. The zero-order valence-corrected chi connectivity index (χ0v) is 10.7. The van der Waals surface area contributed by atoms with Gasteiger partial charge in [-0.2, -0.15) is 0 Å². The van der Waals surface area contributed by atoms with Crippen LogP contribution in [0.25, 0.3) is 0 Å². The third-order valence-corrected chi connectivity index (χ3v) is 4.36. The van der Waals surface area contributed by atoms with Crippen molar-refractivity contribution < 1.29 is 21.1 Å². The fourth-order valence-electron chi connectivity index (χ4n) is 1.16. The van der Waals surface area contributed by atoms with Crippen molar-refractivity contribution in [3.05, 3.63) is 54.7 Å². The summed E-state index contributed by atoms with van der Waals surface area (Å²) in [5, 5.41) is 0. The molecule has 0 unspecified atom stereocenters. The van der Waals surface area contributed by atoms with Crippen molar-refractivity contribution in [3.63, 3.8) is 0 Å². The summed E-state index contributed by atoms with van der Waals surface area (Å²) in [4.78, 5) is 4.25. The van der Waals surface area contributed by atoms with Crippen molar-refractivity contribution in [1.29, 1.82) is 0 Å². The van der Waals surface area contributed by atoms with E-state index in [1.54, 1.807) is 0 Å². The van der Waals surface area contributed by atoms with Gasteiger partial charge in [0.2, 0.25) is 0 Å². The molecule has 2 aromatic rings. The predicted octanol–water partition coefficient (Wildman–Crippen LogP) is 1.78. The predicted molar refractivity (Wildman–Crippen MR) is 50.9 cm³/mol. The second-order valence-electron chi connectivity index (χ2n) is 2.92. The first-order valence-electron chi connectivity index (χ1n) is 4.53. The fourth-order valence-corrected chi connectivity index (χ4v) is 3.09. The summed E-state index contributed by atoms with van der Waals surface area (Å²) < 4.78 is 6.85. The first-order valence-corrected chi connectivity index (χ1v) is 7.22. The van der Waals surface area contributed by atoms with E-state index in [-0.39, 0.29) is 0 Å². The molecule has 2 nitrogen and oxygen atoms in total. The third-order valence-electron chi connectivity index (χ3n) is 1.86. The molecular formula is C11H9NOZn. The molecule has 66 valence electrons. The second kappa shape index (κ2) is 4.87. The molecule has 0 N–H and O–H groups in total. The molecule has 0 atom stereocenters. The van der Waals surface area contributed by atoms with Crippen molar-refractivity contribution in [2.75, 3.05) is 0 Å². The van der Waals surface area contributed by atoms with Gasteiger partial charge < -0.3 is 0 Å².